The quantitative estimate of drug-likeness (QED) is 0.464. The summed E-state index contributed by atoms with van der Waals surface area (Å²) in [6.07, 6.45) is 3.48. The number of halogens is 1. The highest BCUT2D eigenvalue weighted by Gasteiger charge is 2.50. The summed E-state index contributed by atoms with van der Waals surface area (Å²) < 4.78 is 18.8. The minimum absolute atomic E-state index is 0.232. The summed E-state index contributed by atoms with van der Waals surface area (Å²) in [5.41, 5.74) is 0.669. The lowest BCUT2D eigenvalue weighted by molar-refractivity contribution is -0.163. The van der Waals surface area contributed by atoms with E-state index in [0.29, 0.717) is 18.4 Å². The van der Waals surface area contributed by atoms with Crippen LogP contribution < -0.4 is 5.32 Å². The van der Waals surface area contributed by atoms with E-state index in [1.807, 2.05) is 12.2 Å². The third-order valence-electron chi connectivity index (χ3n) is 5.37. The number of carbonyl (C=O) groups excluding carboxylic acids is 4. The van der Waals surface area contributed by atoms with E-state index in [1.54, 1.807) is 6.92 Å². The molecule has 3 amide bonds. The molecule has 0 spiro atoms. The van der Waals surface area contributed by atoms with E-state index in [2.05, 4.69) is 5.32 Å². The number of aryl methyl sites for hydroxylation is 1. The van der Waals surface area contributed by atoms with Gasteiger partial charge < -0.3 is 10.1 Å². The average molecular weight is 402 g/mol. The lowest BCUT2D eigenvalue weighted by Gasteiger charge is -2.23. The average Bonchev–Trinajstić information content (AvgIpc) is 2.95. The Kier molecular flexibility index (Phi) is 5.81. The number of benzene rings is 1. The fourth-order valence-electron chi connectivity index (χ4n) is 3.55. The predicted octanol–water partition coefficient (Wildman–Crippen LogP) is 2.34. The minimum Gasteiger partial charge on any atom is -0.451 e. The predicted molar refractivity (Wildman–Crippen MR) is 102 cm³/mol. The monoisotopic (exact) mass is 402 g/mol. The van der Waals surface area contributed by atoms with E-state index in [-0.39, 0.29) is 17.5 Å². The Morgan fingerprint density at radius 3 is 2.28 bits per heavy atom. The topological polar surface area (TPSA) is 92.8 Å². The van der Waals surface area contributed by atoms with Gasteiger partial charge in [-0.3, -0.25) is 19.3 Å². The Morgan fingerprint density at radius 1 is 1.14 bits per heavy atom. The molecule has 0 unspecified atom stereocenters. The standard InChI is InChI=1S/C21H23FN2O5/c1-11-8-9-14(10-17(11)22)23-18(25)13(3)29-21(28)12(2)24-19(26)15-6-4-5-7-16(15)20(24)27/h4-5,8-10,12-13,15-16H,6-7H2,1-3H3,(H,23,25)/t12-,13+,15-,16+/m0/s1. The number of rotatable bonds is 5. The highest BCUT2D eigenvalue weighted by atomic mass is 19.1. The molecule has 8 heteroatoms. The smallest absolute Gasteiger partial charge is 0.329 e. The summed E-state index contributed by atoms with van der Waals surface area (Å²) in [6.45, 7) is 4.37. The summed E-state index contributed by atoms with van der Waals surface area (Å²) in [6, 6.07) is 3.09. The molecule has 4 atom stereocenters. The van der Waals surface area contributed by atoms with Gasteiger partial charge in [-0.2, -0.15) is 0 Å². The van der Waals surface area contributed by atoms with Crippen LogP contribution in [0.1, 0.15) is 32.3 Å². The molecule has 1 aromatic carbocycles. The fourth-order valence-corrected chi connectivity index (χ4v) is 3.55. The van der Waals surface area contributed by atoms with E-state index >= 15 is 0 Å². The largest absolute Gasteiger partial charge is 0.451 e. The molecule has 1 aromatic rings. The van der Waals surface area contributed by atoms with Gasteiger partial charge in [0, 0.05) is 5.69 Å². The highest BCUT2D eigenvalue weighted by Crippen LogP contribution is 2.36. The number of ether oxygens (including phenoxy) is 1. The van der Waals surface area contributed by atoms with E-state index in [4.69, 9.17) is 4.74 Å². The zero-order valence-corrected chi connectivity index (χ0v) is 16.5. The number of esters is 1. The third kappa shape index (κ3) is 4.06. The highest BCUT2D eigenvalue weighted by molar-refractivity contribution is 6.08. The molecule has 1 saturated heterocycles. The zero-order chi connectivity index (χ0) is 21.3. The maximum atomic E-state index is 13.6. The summed E-state index contributed by atoms with van der Waals surface area (Å²) >= 11 is 0. The van der Waals surface area contributed by atoms with Crippen molar-refractivity contribution in [3.8, 4) is 0 Å². The van der Waals surface area contributed by atoms with Crippen LogP contribution in [0.5, 0.6) is 0 Å². The van der Waals surface area contributed by atoms with Gasteiger partial charge in [0.25, 0.3) is 5.91 Å². The van der Waals surface area contributed by atoms with E-state index in [1.165, 1.54) is 32.0 Å². The van der Waals surface area contributed by atoms with Crippen LogP contribution in [0.25, 0.3) is 0 Å². The van der Waals surface area contributed by atoms with Crippen molar-refractivity contribution < 1.29 is 28.3 Å². The second kappa shape index (κ2) is 8.14. The number of nitrogens with one attached hydrogen (secondary N) is 1. The van der Waals surface area contributed by atoms with Crippen LogP contribution in [0.4, 0.5) is 10.1 Å². The molecule has 0 bridgehead atoms. The van der Waals surface area contributed by atoms with Gasteiger partial charge in [0.05, 0.1) is 11.8 Å². The van der Waals surface area contributed by atoms with Gasteiger partial charge in [0.15, 0.2) is 6.10 Å². The van der Waals surface area contributed by atoms with Crippen molar-refractivity contribution in [2.75, 3.05) is 5.32 Å². The molecule has 154 valence electrons. The molecule has 1 aliphatic heterocycles. The van der Waals surface area contributed by atoms with Gasteiger partial charge in [-0.1, -0.05) is 18.2 Å². The van der Waals surface area contributed by atoms with Gasteiger partial charge in [-0.25, -0.2) is 9.18 Å². The van der Waals surface area contributed by atoms with Crippen LogP contribution in [0, 0.1) is 24.6 Å². The maximum absolute atomic E-state index is 13.6. The lowest BCUT2D eigenvalue weighted by atomic mass is 9.85. The number of nitrogens with zero attached hydrogens (tertiary/aromatic N) is 1. The van der Waals surface area contributed by atoms with Crippen LogP contribution >= 0.6 is 0 Å². The number of hydrogen-bond donors (Lipinski definition) is 1. The second-order valence-electron chi connectivity index (χ2n) is 7.41. The van der Waals surface area contributed by atoms with E-state index in [9.17, 15) is 23.6 Å². The molecule has 1 aliphatic carbocycles. The summed E-state index contributed by atoms with van der Waals surface area (Å²) in [5.74, 6) is -3.63. The number of amides is 3. The summed E-state index contributed by atoms with van der Waals surface area (Å²) in [4.78, 5) is 50.8. The Morgan fingerprint density at radius 2 is 1.72 bits per heavy atom. The third-order valence-corrected chi connectivity index (χ3v) is 5.37. The van der Waals surface area contributed by atoms with Gasteiger partial charge in [0.2, 0.25) is 11.8 Å². The number of likely N-dealkylation sites (tertiary alicyclic amines) is 1. The van der Waals surface area contributed by atoms with Crippen molar-refractivity contribution in [2.24, 2.45) is 11.8 Å². The Labute approximate surface area is 167 Å². The molecule has 7 nitrogen and oxygen atoms in total. The van der Waals surface area contributed by atoms with Gasteiger partial charge in [-0.05, 0) is 51.3 Å². The first-order chi connectivity index (χ1) is 13.7. The fraction of sp³-hybridized carbons (Fsp3) is 0.429. The van der Waals surface area contributed by atoms with Crippen LogP contribution in [-0.2, 0) is 23.9 Å². The first-order valence-corrected chi connectivity index (χ1v) is 9.50. The molecule has 29 heavy (non-hydrogen) atoms. The van der Waals surface area contributed by atoms with Crippen molar-refractivity contribution in [3.05, 3.63) is 41.7 Å². The van der Waals surface area contributed by atoms with E-state index < -0.39 is 41.7 Å². The number of carbonyl (C=O) groups is 4. The minimum atomic E-state index is -1.19. The second-order valence-corrected chi connectivity index (χ2v) is 7.41. The number of imide groups is 1. The Bertz CT molecular complexity index is 871. The molecule has 1 fully saturated rings. The lowest BCUT2D eigenvalue weighted by Crippen LogP contribution is -2.46. The molecule has 2 aliphatic rings. The van der Waals surface area contributed by atoms with Crippen molar-refractivity contribution in [1.82, 2.24) is 4.90 Å². The van der Waals surface area contributed by atoms with Crippen molar-refractivity contribution in [1.29, 1.82) is 0 Å². The molecule has 0 aromatic heterocycles. The molecule has 0 saturated carbocycles. The SMILES string of the molecule is Cc1ccc(NC(=O)[C@@H](C)OC(=O)[C@H](C)N2C(=O)[C@H]3CC=CC[C@H]3C2=O)cc1F. The number of anilines is 1. The molecule has 3 rings (SSSR count). The number of fused-ring (bicyclic) bond motifs is 1. The Balaban J connectivity index is 1.61. The van der Waals surface area contributed by atoms with Crippen molar-refractivity contribution in [2.45, 2.75) is 45.8 Å². The zero-order valence-electron chi connectivity index (χ0n) is 16.5. The molecular formula is C21H23FN2O5. The van der Waals surface area contributed by atoms with Gasteiger partial charge >= 0.3 is 5.97 Å². The number of allylic oxidation sites excluding steroid dienone is 2. The Hall–Kier alpha value is -3.03. The number of hydrogen-bond acceptors (Lipinski definition) is 5. The first kappa shape index (κ1) is 20.7. The normalized spacial score (nSPS) is 22.8. The van der Waals surface area contributed by atoms with Gasteiger partial charge in [0.1, 0.15) is 11.9 Å². The molecular weight excluding hydrogens is 379 g/mol. The van der Waals surface area contributed by atoms with Crippen LogP contribution in [0.2, 0.25) is 0 Å². The molecule has 1 heterocycles. The van der Waals surface area contributed by atoms with Crippen molar-refractivity contribution >= 4 is 29.4 Å². The van der Waals surface area contributed by atoms with Crippen LogP contribution in [0.3, 0.4) is 0 Å². The summed E-state index contributed by atoms with van der Waals surface area (Å²) in [5, 5.41) is 2.47. The van der Waals surface area contributed by atoms with E-state index in [0.717, 1.165) is 4.90 Å². The van der Waals surface area contributed by atoms with Crippen LogP contribution in [0.15, 0.2) is 30.4 Å². The molecule has 0 radical (unpaired) electrons. The molecule has 1 N–H and O–H groups in total. The van der Waals surface area contributed by atoms with Crippen LogP contribution in [-0.4, -0.2) is 40.7 Å². The first-order valence-electron chi connectivity index (χ1n) is 9.50. The maximum Gasteiger partial charge on any atom is 0.329 e. The summed E-state index contributed by atoms with van der Waals surface area (Å²) in [7, 11) is 0. The van der Waals surface area contributed by atoms with Crippen molar-refractivity contribution in [3.63, 3.8) is 0 Å². The van der Waals surface area contributed by atoms with Gasteiger partial charge in [-0.15, -0.1) is 0 Å².